The van der Waals surface area contributed by atoms with E-state index in [9.17, 15) is 0 Å². The molecule has 440 valence electrons. The van der Waals surface area contributed by atoms with E-state index in [-0.39, 0.29) is 111 Å². The highest BCUT2D eigenvalue weighted by Gasteiger charge is 2.15. The molecule has 0 fully saturated rings. The molecule has 0 heteroatoms. The Hall–Kier alpha value is -10.1. The van der Waals surface area contributed by atoms with Gasteiger partial charge in [-0.2, -0.15) is 0 Å². The van der Waals surface area contributed by atoms with Gasteiger partial charge in [0.05, 0.1) is 24.7 Å². The number of hydrogen-bond donors (Lipinski definition) is 0. The van der Waals surface area contributed by atoms with Crippen LogP contribution in [-0.2, 0) is 5.41 Å². The Morgan fingerprint density at radius 1 is 0.236 bits per heavy atom. The van der Waals surface area contributed by atoms with Crippen LogP contribution in [0.4, 0.5) is 0 Å². The van der Waals surface area contributed by atoms with Crippen LogP contribution < -0.4 is 0 Å². The highest BCUT2D eigenvalue weighted by molar-refractivity contribution is 5.80. The van der Waals surface area contributed by atoms with Crippen molar-refractivity contribution in [2.75, 3.05) is 0 Å². The molecule has 0 aliphatic heterocycles. The molecule has 0 aliphatic rings. The van der Waals surface area contributed by atoms with Gasteiger partial charge in [-0.05, 0) is 188 Å². The van der Waals surface area contributed by atoms with E-state index in [1.807, 2.05) is 0 Å². The van der Waals surface area contributed by atoms with Gasteiger partial charge in [-0.3, -0.25) is 0 Å². The standard InChI is InChI=1S/2C20H18.2C19H16.C11H16/c1-15-8-6-11-18(14-15)20-13-7-12-19(16(20)2)17-9-4-3-5-10-17;1-15-8-10-18(11-9-15)20-13-16(2)12-19(14-20)17-6-4-3-5-7-17;1-15-18(16-9-4-2-5-10-16)13-8-14-19(15)17-11-6-3-7-12-17;1-15-12-18(16-8-4-2-5-9-16)14-19(13-15)17-10-6-3-7-11-17;1-9-7-5-6-8-10(9)11(2,3)4/h2*3-14H,1-2H3;2*2-14H,1H3;5-8H,1-4H3/i3D,4D,5D,6D,8D,9D,10D,11D,14D;3D,4D,5D,6D,7D,8D,9D,10D,11D;;;. The van der Waals surface area contributed by atoms with E-state index in [1.165, 1.54) is 73.7 Å². The van der Waals surface area contributed by atoms with Crippen molar-refractivity contribution in [3.63, 3.8) is 0 Å². The van der Waals surface area contributed by atoms with Gasteiger partial charge in [0.25, 0.3) is 0 Å². The van der Waals surface area contributed by atoms with Gasteiger partial charge in [0.15, 0.2) is 0 Å². The van der Waals surface area contributed by atoms with Crippen LogP contribution >= 0.6 is 0 Å². The second kappa shape index (κ2) is 31.0. The van der Waals surface area contributed by atoms with Gasteiger partial charge in [-0.15, -0.1) is 0 Å². The van der Waals surface area contributed by atoms with E-state index in [1.54, 1.807) is 57.2 Å². The largest absolute Gasteiger partial charge is 0.0632 e. The summed E-state index contributed by atoms with van der Waals surface area (Å²) in [6.45, 7) is 19.8. The predicted octanol–water partition coefficient (Wildman–Crippen LogP) is 25.2. The first-order valence-electron chi connectivity index (χ1n) is 38.7. The van der Waals surface area contributed by atoms with E-state index in [0.29, 0.717) is 33.4 Å². The SMILES string of the molecule is Cc1c(-c2ccccc2)cccc1-c1ccccc1.Cc1cc(-c2ccccc2)cc(-c2ccccc2)c1.Cc1ccccc1C(C)(C)C.[2H]c1c([2H])c([2H])c(-c2cc(C)cc(-c3c([2H])c([2H])c(C)c([2H])c3[2H])c2)c([2H])c1[2H].[2H]c1c([2H])c([2H])c(-c2cccc(-c3c([2H])c([2H])c([2H])c(C)c3[2H])c2C)c([2H])c1[2H]. The second-order valence-electron chi connectivity index (χ2n) is 22.7. The normalized spacial score (nSPS) is 13.4. The number of rotatable bonds is 8. The van der Waals surface area contributed by atoms with Crippen LogP contribution in [0.5, 0.6) is 0 Å². The van der Waals surface area contributed by atoms with E-state index < -0.39 is 36.3 Å². The highest BCUT2D eigenvalue weighted by Crippen LogP contribution is 2.35. The fourth-order valence-electron chi connectivity index (χ4n) is 10.4. The zero-order chi connectivity index (χ0) is 78.2. The van der Waals surface area contributed by atoms with Crippen LogP contribution in [0.1, 0.15) is 90.0 Å². The van der Waals surface area contributed by atoms with Crippen molar-refractivity contribution in [1.82, 2.24) is 0 Å². The molecule has 0 saturated carbocycles. The molecule has 0 spiro atoms. The summed E-state index contributed by atoms with van der Waals surface area (Å²) in [5, 5.41) is 0. The van der Waals surface area contributed by atoms with Crippen molar-refractivity contribution in [2.45, 2.75) is 74.7 Å². The maximum Gasteiger partial charge on any atom is 0.0632 e. The molecule has 13 aromatic carbocycles. The summed E-state index contributed by atoms with van der Waals surface area (Å²) in [7, 11) is 0. The Balaban J connectivity index is 0.000000159. The van der Waals surface area contributed by atoms with Gasteiger partial charge in [0.2, 0.25) is 0 Å². The lowest BCUT2D eigenvalue weighted by atomic mass is 9.84. The highest BCUT2D eigenvalue weighted by atomic mass is 14.2. The maximum absolute atomic E-state index is 8.38. The molecule has 0 atom stereocenters. The number of hydrogen-bond acceptors (Lipinski definition) is 0. The summed E-state index contributed by atoms with van der Waals surface area (Å²) in [6.07, 6.45) is 0. The molecule has 0 amide bonds. The first-order valence-corrected chi connectivity index (χ1v) is 29.7. The van der Waals surface area contributed by atoms with Crippen molar-refractivity contribution in [3.8, 4) is 89.0 Å². The Morgan fingerprint density at radius 2 is 0.584 bits per heavy atom. The molecule has 13 aromatic rings. The lowest BCUT2D eigenvalue weighted by Gasteiger charge is -2.21. The zero-order valence-corrected chi connectivity index (χ0v) is 52.3. The molecule has 0 N–H and O–H groups in total. The topological polar surface area (TPSA) is 0 Å². The maximum atomic E-state index is 8.38. The predicted molar refractivity (Wildman–Crippen MR) is 388 cm³/mol. The average Bonchev–Trinajstić information content (AvgIpc) is 0.760. The van der Waals surface area contributed by atoms with Gasteiger partial charge in [-0.25, -0.2) is 0 Å². The summed E-state index contributed by atoms with van der Waals surface area (Å²) in [4.78, 5) is 0. The molecule has 0 aliphatic carbocycles. The molecule has 0 saturated heterocycles. The van der Waals surface area contributed by atoms with Crippen molar-refractivity contribution in [2.24, 2.45) is 0 Å². The minimum absolute atomic E-state index is 0.0303. The number of aryl methyl sites for hydroxylation is 3. The molecule has 13 rings (SSSR count). The van der Waals surface area contributed by atoms with E-state index >= 15 is 0 Å². The minimum Gasteiger partial charge on any atom is -0.0622 e. The molecule has 0 nitrogen and oxygen atoms in total. The Kier molecular flexibility index (Phi) is 15.1. The third-order valence-corrected chi connectivity index (χ3v) is 14.8. The van der Waals surface area contributed by atoms with Crippen molar-refractivity contribution < 1.29 is 24.7 Å². The average molecular weight is 1170 g/mol. The fourth-order valence-corrected chi connectivity index (χ4v) is 10.4. The first-order chi connectivity index (χ1) is 50.7. The summed E-state index contributed by atoms with van der Waals surface area (Å²) in [5.74, 6) is 0. The third-order valence-electron chi connectivity index (χ3n) is 14.8. The quantitative estimate of drug-likeness (QED) is 0.142. The summed E-state index contributed by atoms with van der Waals surface area (Å²) in [6, 6.07) is 68.5. The van der Waals surface area contributed by atoms with Gasteiger partial charge in [-0.1, -0.05) is 347 Å². The van der Waals surface area contributed by atoms with Crippen LogP contribution in [-0.4, -0.2) is 0 Å². The fraction of sp³-hybridized carbons (Fsp3) is 0.124. The van der Waals surface area contributed by atoms with Gasteiger partial charge in [0, 0.05) is 0 Å². The lowest BCUT2D eigenvalue weighted by molar-refractivity contribution is 0.586. The zero-order valence-electron chi connectivity index (χ0n) is 70.3. The van der Waals surface area contributed by atoms with Gasteiger partial charge >= 0.3 is 0 Å². The van der Waals surface area contributed by atoms with E-state index in [4.69, 9.17) is 24.7 Å². The molecule has 0 aromatic heterocycles. The Labute approximate surface area is 557 Å². The first kappa shape index (κ1) is 43.5. The van der Waals surface area contributed by atoms with E-state index in [2.05, 4.69) is 224 Å². The third kappa shape index (κ3) is 17.8. The van der Waals surface area contributed by atoms with Crippen molar-refractivity contribution in [3.05, 3.63) is 372 Å². The Bertz CT molecular complexity index is 5010. The van der Waals surface area contributed by atoms with E-state index in [0.717, 1.165) is 0 Å². The van der Waals surface area contributed by atoms with Crippen molar-refractivity contribution >= 4 is 0 Å². The molecule has 0 radical (unpaired) electrons. The van der Waals surface area contributed by atoms with Crippen LogP contribution in [0.25, 0.3) is 89.0 Å². The summed E-state index contributed by atoms with van der Waals surface area (Å²) in [5.41, 5.74) is 19.8. The van der Waals surface area contributed by atoms with Crippen molar-refractivity contribution in [1.29, 1.82) is 0 Å². The second-order valence-corrected chi connectivity index (χ2v) is 22.7. The molecule has 89 heavy (non-hydrogen) atoms. The van der Waals surface area contributed by atoms with Gasteiger partial charge in [0.1, 0.15) is 0 Å². The molecule has 0 bridgehead atoms. The molecular weight excluding hydrogens is 1070 g/mol. The van der Waals surface area contributed by atoms with Gasteiger partial charge < -0.3 is 0 Å². The van der Waals surface area contributed by atoms with Crippen LogP contribution in [0.15, 0.2) is 327 Å². The smallest absolute Gasteiger partial charge is 0.0622 e. The van der Waals surface area contributed by atoms with Crippen LogP contribution in [0, 0.1) is 48.5 Å². The lowest BCUT2D eigenvalue weighted by Crippen LogP contribution is -2.12. The Morgan fingerprint density at radius 3 is 1.00 bits per heavy atom. The molecule has 0 heterocycles. The monoisotopic (exact) mass is 1170 g/mol. The molecular formula is C89H84. The minimum atomic E-state index is -0.477. The number of benzene rings is 13. The van der Waals surface area contributed by atoms with Crippen LogP contribution in [0.2, 0.25) is 0 Å². The van der Waals surface area contributed by atoms with Crippen LogP contribution in [0.3, 0.4) is 0 Å². The summed E-state index contributed by atoms with van der Waals surface area (Å²) >= 11 is 0. The molecule has 0 unspecified atom stereocenters. The summed E-state index contributed by atoms with van der Waals surface area (Å²) < 4.78 is 145.